The van der Waals surface area contributed by atoms with Crippen molar-refractivity contribution in [1.29, 1.82) is 0 Å². The highest BCUT2D eigenvalue weighted by Gasteiger charge is 2.42. The average Bonchev–Trinajstić information content (AvgIpc) is 2.60. The summed E-state index contributed by atoms with van der Waals surface area (Å²) in [6.07, 6.45) is 0. The summed E-state index contributed by atoms with van der Waals surface area (Å²) in [5.41, 5.74) is 1.40. The van der Waals surface area contributed by atoms with E-state index in [0.29, 0.717) is 15.5 Å². The zero-order valence-corrected chi connectivity index (χ0v) is 12.9. The Kier molecular flexibility index (Phi) is 4.08. The minimum absolute atomic E-state index is 0.497. The van der Waals surface area contributed by atoms with Crippen molar-refractivity contribution in [2.24, 2.45) is 0 Å². The fourth-order valence-corrected chi connectivity index (χ4v) is 2.33. The average molecular weight is 354 g/mol. The molecule has 21 heavy (non-hydrogen) atoms. The van der Waals surface area contributed by atoms with Gasteiger partial charge in [-0.15, -0.1) is 0 Å². The van der Waals surface area contributed by atoms with E-state index in [1.54, 1.807) is 12.1 Å². The number of carbonyl (C=O) groups is 4. The Balaban J connectivity index is 2.07. The first kappa shape index (κ1) is 15.2. The minimum atomic E-state index is -0.995. The second-order valence-corrected chi connectivity index (χ2v) is 5.46. The Morgan fingerprint density at radius 2 is 1.90 bits per heavy atom. The molecule has 8 heteroatoms. The van der Waals surface area contributed by atoms with Crippen LogP contribution in [0, 0.1) is 6.92 Å². The molecule has 1 aliphatic rings. The van der Waals surface area contributed by atoms with Crippen molar-refractivity contribution < 1.29 is 19.2 Å². The molecule has 7 nitrogen and oxygen atoms in total. The van der Waals surface area contributed by atoms with Crippen LogP contribution in [-0.4, -0.2) is 47.1 Å². The highest BCUT2D eigenvalue weighted by molar-refractivity contribution is 9.10. The Morgan fingerprint density at radius 1 is 1.24 bits per heavy atom. The van der Waals surface area contributed by atoms with Crippen molar-refractivity contribution in [1.82, 2.24) is 9.80 Å². The molecular weight excluding hydrogens is 342 g/mol. The number of carbonyl (C=O) groups excluding carboxylic acids is 4. The molecule has 1 fully saturated rings. The fraction of sp³-hybridized carbons (Fsp3) is 0.231. The number of nitrogens with zero attached hydrogens (tertiary/aromatic N) is 2. The van der Waals surface area contributed by atoms with Gasteiger partial charge >= 0.3 is 17.8 Å². The van der Waals surface area contributed by atoms with E-state index in [4.69, 9.17) is 0 Å². The van der Waals surface area contributed by atoms with Crippen LogP contribution in [0.4, 0.5) is 10.5 Å². The summed E-state index contributed by atoms with van der Waals surface area (Å²) in [6.45, 7) is 1.31. The van der Waals surface area contributed by atoms with Gasteiger partial charge in [0.25, 0.3) is 0 Å². The standard InChI is InChI=1S/C13H12BrN3O4/c1-7-5-8(14)3-4-9(7)15-10(18)6-17-12(20)11(19)16(2)13(17)21/h3-5H,6H2,1-2H3,(H,15,18). The molecule has 1 saturated heterocycles. The summed E-state index contributed by atoms with van der Waals surface area (Å²) in [5, 5.41) is 2.60. The number of urea groups is 1. The number of halogens is 1. The van der Waals surface area contributed by atoms with Gasteiger partial charge < -0.3 is 5.32 Å². The van der Waals surface area contributed by atoms with E-state index in [1.165, 1.54) is 7.05 Å². The Hall–Kier alpha value is -2.22. The topological polar surface area (TPSA) is 86.8 Å². The van der Waals surface area contributed by atoms with Gasteiger partial charge in [0.05, 0.1) is 0 Å². The van der Waals surface area contributed by atoms with Gasteiger partial charge in [-0.1, -0.05) is 15.9 Å². The molecule has 1 aliphatic heterocycles. The van der Waals surface area contributed by atoms with Crippen LogP contribution >= 0.6 is 15.9 Å². The quantitative estimate of drug-likeness (QED) is 0.651. The molecule has 0 unspecified atom stereocenters. The molecule has 1 aromatic rings. The van der Waals surface area contributed by atoms with Crippen molar-refractivity contribution in [3.05, 3.63) is 28.2 Å². The van der Waals surface area contributed by atoms with Gasteiger partial charge in [-0.2, -0.15) is 0 Å². The van der Waals surface area contributed by atoms with E-state index < -0.39 is 30.3 Å². The monoisotopic (exact) mass is 353 g/mol. The van der Waals surface area contributed by atoms with Crippen LogP contribution in [0.25, 0.3) is 0 Å². The number of rotatable bonds is 3. The van der Waals surface area contributed by atoms with Gasteiger partial charge in [0, 0.05) is 17.2 Å². The van der Waals surface area contributed by atoms with Crippen molar-refractivity contribution in [2.75, 3.05) is 18.9 Å². The molecule has 0 aromatic heterocycles. The maximum absolute atomic E-state index is 11.9. The fourth-order valence-electron chi connectivity index (χ4n) is 1.85. The second kappa shape index (κ2) is 5.65. The molecule has 0 spiro atoms. The predicted molar refractivity (Wildman–Crippen MR) is 77.4 cm³/mol. The maximum atomic E-state index is 11.9. The van der Waals surface area contributed by atoms with Gasteiger partial charge in [-0.05, 0) is 30.7 Å². The Labute approximate surface area is 129 Å². The molecule has 5 amide bonds. The molecule has 0 bridgehead atoms. The van der Waals surface area contributed by atoms with Crippen LogP contribution in [0.15, 0.2) is 22.7 Å². The van der Waals surface area contributed by atoms with Crippen molar-refractivity contribution in [3.63, 3.8) is 0 Å². The maximum Gasteiger partial charge on any atom is 0.334 e. The first-order valence-corrected chi connectivity index (χ1v) is 6.80. The lowest BCUT2D eigenvalue weighted by Crippen LogP contribution is -2.38. The van der Waals surface area contributed by atoms with Crippen LogP contribution < -0.4 is 5.32 Å². The number of amides is 5. The summed E-state index contributed by atoms with van der Waals surface area (Å²) >= 11 is 3.31. The van der Waals surface area contributed by atoms with Crippen molar-refractivity contribution >= 4 is 45.4 Å². The molecular formula is C13H12BrN3O4. The number of likely N-dealkylation sites (N-methyl/N-ethyl adjacent to an activating group) is 1. The number of imide groups is 2. The van der Waals surface area contributed by atoms with Crippen molar-refractivity contribution in [2.45, 2.75) is 6.92 Å². The van der Waals surface area contributed by atoms with Crippen LogP contribution in [0.1, 0.15) is 5.56 Å². The summed E-state index contributed by atoms with van der Waals surface area (Å²) in [5.74, 6) is -2.48. The normalized spacial score (nSPS) is 14.9. The van der Waals surface area contributed by atoms with E-state index in [-0.39, 0.29) is 0 Å². The summed E-state index contributed by atoms with van der Waals surface area (Å²) in [4.78, 5) is 47.7. The summed E-state index contributed by atoms with van der Waals surface area (Å²) in [6, 6.07) is 4.47. The molecule has 0 saturated carbocycles. The number of hydrogen-bond donors (Lipinski definition) is 1. The number of aryl methyl sites for hydroxylation is 1. The first-order chi connectivity index (χ1) is 9.81. The van der Waals surface area contributed by atoms with Gasteiger partial charge in [-0.3, -0.25) is 19.3 Å². The zero-order valence-electron chi connectivity index (χ0n) is 11.3. The van der Waals surface area contributed by atoms with E-state index >= 15 is 0 Å². The Morgan fingerprint density at radius 3 is 2.43 bits per heavy atom. The zero-order chi connectivity index (χ0) is 15.7. The van der Waals surface area contributed by atoms with Crippen LogP contribution in [-0.2, 0) is 14.4 Å². The van der Waals surface area contributed by atoms with E-state index in [2.05, 4.69) is 21.2 Å². The number of anilines is 1. The third-order valence-electron chi connectivity index (χ3n) is 3.01. The van der Waals surface area contributed by atoms with Gasteiger partial charge in [0.1, 0.15) is 6.54 Å². The molecule has 0 aliphatic carbocycles. The molecule has 1 heterocycles. The lowest BCUT2D eigenvalue weighted by atomic mass is 10.2. The van der Waals surface area contributed by atoms with Crippen LogP contribution in [0.3, 0.4) is 0 Å². The third kappa shape index (κ3) is 2.94. The smallest absolute Gasteiger partial charge is 0.324 e. The summed E-state index contributed by atoms with van der Waals surface area (Å²) in [7, 11) is 1.19. The third-order valence-corrected chi connectivity index (χ3v) is 3.51. The van der Waals surface area contributed by atoms with E-state index in [1.807, 2.05) is 13.0 Å². The van der Waals surface area contributed by atoms with E-state index in [0.717, 1.165) is 10.0 Å². The molecule has 0 radical (unpaired) electrons. The van der Waals surface area contributed by atoms with Gasteiger partial charge in [-0.25, -0.2) is 9.69 Å². The van der Waals surface area contributed by atoms with E-state index in [9.17, 15) is 19.2 Å². The molecule has 1 aromatic carbocycles. The number of hydrogen-bond acceptors (Lipinski definition) is 4. The first-order valence-electron chi connectivity index (χ1n) is 6.00. The van der Waals surface area contributed by atoms with Gasteiger partial charge in [0.15, 0.2) is 0 Å². The molecule has 110 valence electrons. The highest BCUT2D eigenvalue weighted by atomic mass is 79.9. The Bertz CT molecular complexity index is 659. The second-order valence-electron chi connectivity index (χ2n) is 4.55. The lowest BCUT2D eigenvalue weighted by molar-refractivity contribution is -0.143. The minimum Gasteiger partial charge on any atom is -0.324 e. The molecule has 0 atom stereocenters. The van der Waals surface area contributed by atoms with Crippen LogP contribution in [0.2, 0.25) is 0 Å². The number of nitrogens with one attached hydrogen (secondary N) is 1. The number of benzene rings is 1. The lowest BCUT2D eigenvalue weighted by Gasteiger charge is -2.13. The predicted octanol–water partition coefficient (Wildman–Crippen LogP) is 1.12. The van der Waals surface area contributed by atoms with Crippen molar-refractivity contribution in [3.8, 4) is 0 Å². The largest absolute Gasteiger partial charge is 0.334 e. The molecule has 1 N–H and O–H groups in total. The molecule has 2 rings (SSSR count). The SMILES string of the molecule is Cc1cc(Br)ccc1NC(=O)CN1C(=O)C(=O)N(C)C1=O. The summed E-state index contributed by atoms with van der Waals surface area (Å²) < 4.78 is 0.870. The van der Waals surface area contributed by atoms with Gasteiger partial charge in [0.2, 0.25) is 5.91 Å². The highest BCUT2D eigenvalue weighted by Crippen LogP contribution is 2.20. The van der Waals surface area contributed by atoms with Crippen LogP contribution in [0.5, 0.6) is 0 Å².